The Balaban J connectivity index is 2.06. The van der Waals surface area contributed by atoms with Gasteiger partial charge in [-0.15, -0.1) is 0 Å². The third-order valence-corrected chi connectivity index (χ3v) is 4.89. The van der Waals surface area contributed by atoms with Gasteiger partial charge in [0, 0.05) is 25.2 Å². The minimum atomic E-state index is 0.256. The maximum Gasteiger partial charge on any atom is 0.0607 e. The number of hydrogen-bond donors (Lipinski definition) is 1. The van der Waals surface area contributed by atoms with E-state index >= 15 is 0 Å². The van der Waals surface area contributed by atoms with E-state index in [1.807, 2.05) is 7.11 Å². The molecule has 2 N–H and O–H groups in total. The number of hydrogen-bond acceptors (Lipinski definition) is 3. The van der Waals surface area contributed by atoms with Crippen LogP contribution in [0.25, 0.3) is 0 Å². The summed E-state index contributed by atoms with van der Waals surface area (Å²) in [6.45, 7) is 4.36. The molecule has 0 radical (unpaired) electrons. The third kappa shape index (κ3) is 2.51. The largest absolute Gasteiger partial charge is 0.381 e. The summed E-state index contributed by atoms with van der Waals surface area (Å²) in [5, 5.41) is 0. The molecule has 3 heteroatoms. The van der Waals surface area contributed by atoms with Crippen LogP contribution < -0.4 is 5.73 Å². The van der Waals surface area contributed by atoms with Crippen molar-refractivity contribution in [2.45, 2.75) is 69.6 Å². The molecule has 1 aliphatic heterocycles. The van der Waals surface area contributed by atoms with Crippen molar-refractivity contribution >= 4 is 0 Å². The summed E-state index contributed by atoms with van der Waals surface area (Å²) in [5.41, 5.74) is 6.34. The fourth-order valence-corrected chi connectivity index (χ4v) is 3.70. The average molecular weight is 240 g/mol. The molecule has 1 heterocycles. The predicted molar refractivity (Wildman–Crippen MR) is 71.1 cm³/mol. The first kappa shape index (κ1) is 13.3. The zero-order chi connectivity index (χ0) is 12.3. The van der Waals surface area contributed by atoms with E-state index in [0.29, 0.717) is 6.10 Å². The monoisotopic (exact) mass is 240 g/mol. The van der Waals surface area contributed by atoms with Crippen molar-refractivity contribution in [3.63, 3.8) is 0 Å². The van der Waals surface area contributed by atoms with E-state index in [1.165, 1.54) is 38.6 Å². The first-order chi connectivity index (χ1) is 8.25. The van der Waals surface area contributed by atoms with Gasteiger partial charge in [-0.2, -0.15) is 0 Å². The summed E-state index contributed by atoms with van der Waals surface area (Å²) >= 11 is 0. The molecule has 1 unspecified atom stereocenters. The molecule has 1 aliphatic carbocycles. The standard InChI is InChI=1S/C14H28N2O/c1-3-12-7-5-4-6-8-16(12)14(11-15)9-13(10-14)17-2/h12-13H,3-11,15H2,1-2H3. The quantitative estimate of drug-likeness (QED) is 0.818. The lowest BCUT2D eigenvalue weighted by Crippen LogP contribution is -2.66. The second kappa shape index (κ2) is 5.68. The van der Waals surface area contributed by atoms with Gasteiger partial charge in [0.2, 0.25) is 0 Å². The van der Waals surface area contributed by atoms with Crippen LogP contribution in [0.4, 0.5) is 0 Å². The van der Waals surface area contributed by atoms with Crippen LogP contribution in [0.2, 0.25) is 0 Å². The van der Waals surface area contributed by atoms with Crippen LogP contribution in [0.5, 0.6) is 0 Å². The van der Waals surface area contributed by atoms with Gasteiger partial charge in [0.1, 0.15) is 0 Å². The molecule has 0 aromatic rings. The van der Waals surface area contributed by atoms with Crippen LogP contribution in [0, 0.1) is 0 Å². The van der Waals surface area contributed by atoms with E-state index in [9.17, 15) is 0 Å². The Morgan fingerprint density at radius 2 is 2.06 bits per heavy atom. The van der Waals surface area contributed by atoms with Gasteiger partial charge in [-0.3, -0.25) is 4.90 Å². The van der Waals surface area contributed by atoms with Gasteiger partial charge in [-0.1, -0.05) is 19.8 Å². The van der Waals surface area contributed by atoms with Crippen molar-refractivity contribution in [3.05, 3.63) is 0 Å². The van der Waals surface area contributed by atoms with E-state index < -0.39 is 0 Å². The van der Waals surface area contributed by atoms with E-state index in [0.717, 1.165) is 25.4 Å². The number of likely N-dealkylation sites (tertiary alicyclic amines) is 1. The molecule has 0 bridgehead atoms. The van der Waals surface area contributed by atoms with Gasteiger partial charge in [0.15, 0.2) is 0 Å². The van der Waals surface area contributed by atoms with Gasteiger partial charge < -0.3 is 10.5 Å². The van der Waals surface area contributed by atoms with Crippen LogP contribution in [-0.4, -0.2) is 42.8 Å². The summed E-state index contributed by atoms with van der Waals surface area (Å²) in [7, 11) is 1.82. The molecule has 0 aromatic heterocycles. The maximum atomic E-state index is 6.09. The first-order valence-electron chi connectivity index (χ1n) is 7.25. The Hall–Kier alpha value is -0.120. The molecular formula is C14H28N2O. The maximum absolute atomic E-state index is 6.09. The number of rotatable bonds is 4. The van der Waals surface area contributed by atoms with Crippen molar-refractivity contribution in [3.8, 4) is 0 Å². The van der Waals surface area contributed by atoms with E-state index in [4.69, 9.17) is 10.5 Å². The molecule has 2 aliphatic rings. The van der Waals surface area contributed by atoms with Gasteiger partial charge >= 0.3 is 0 Å². The molecule has 0 spiro atoms. The Bertz CT molecular complexity index is 238. The topological polar surface area (TPSA) is 38.5 Å². The van der Waals surface area contributed by atoms with Gasteiger partial charge in [0.05, 0.1) is 6.10 Å². The zero-order valence-electron chi connectivity index (χ0n) is 11.5. The normalized spacial score (nSPS) is 39.7. The Labute approximate surface area is 106 Å². The molecule has 0 aromatic carbocycles. The average Bonchev–Trinajstić information content (AvgIpc) is 2.54. The molecule has 3 nitrogen and oxygen atoms in total. The van der Waals surface area contributed by atoms with E-state index in [1.54, 1.807) is 0 Å². The van der Waals surface area contributed by atoms with Crippen LogP contribution >= 0.6 is 0 Å². The van der Waals surface area contributed by atoms with Crippen molar-refractivity contribution in [1.82, 2.24) is 4.90 Å². The minimum Gasteiger partial charge on any atom is -0.381 e. The van der Waals surface area contributed by atoms with Gasteiger partial charge in [0.25, 0.3) is 0 Å². The highest BCUT2D eigenvalue weighted by Gasteiger charge is 2.49. The van der Waals surface area contributed by atoms with Crippen molar-refractivity contribution in [2.75, 3.05) is 20.2 Å². The fraction of sp³-hybridized carbons (Fsp3) is 1.00. The lowest BCUT2D eigenvalue weighted by molar-refractivity contribution is -0.102. The summed E-state index contributed by atoms with van der Waals surface area (Å²) in [5.74, 6) is 0. The second-order valence-corrected chi connectivity index (χ2v) is 5.80. The SMILES string of the molecule is CCC1CCCCCN1C1(CN)CC(OC)C1. The lowest BCUT2D eigenvalue weighted by Gasteiger charge is -2.55. The van der Waals surface area contributed by atoms with Gasteiger partial charge in [-0.05, 0) is 38.6 Å². The lowest BCUT2D eigenvalue weighted by atomic mass is 9.71. The number of nitrogens with zero attached hydrogens (tertiary/aromatic N) is 1. The van der Waals surface area contributed by atoms with Crippen LogP contribution in [-0.2, 0) is 4.74 Å². The molecule has 2 fully saturated rings. The summed E-state index contributed by atoms with van der Waals surface area (Å²) in [6.07, 6.45) is 9.46. The minimum absolute atomic E-state index is 0.256. The van der Waals surface area contributed by atoms with E-state index in [-0.39, 0.29) is 5.54 Å². The van der Waals surface area contributed by atoms with Crippen molar-refractivity contribution in [2.24, 2.45) is 5.73 Å². The summed E-state index contributed by atoms with van der Waals surface area (Å²) < 4.78 is 5.45. The van der Waals surface area contributed by atoms with Crippen LogP contribution in [0.1, 0.15) is 51.9 Å². The number of nitrogens with two attached hydrogens (primary N) is 1. The number of methoxy groups -OCH3 is 1. The summed E-state index contributed by atoms with van der Waals surface area (Å²) in [6, 6.07) is 0.749. The molecule has 1 saturated heterocycles. The van der Waals surface area contributed by atoms with Crippen LogP contribution in [0.3, 0.4) is 0 Å². The summed E-state index contributed by atoms with van der Waals surface area (Å²) in [4.78, 5) is 2.73. The third-order valence-electron chi connectivity index (χ3n) is 4.89. The Morgan fingerprint density at radius 1 is 1.29 bits per heavy atom. The van der Waals surface area contributed by atoms with Gasteiger partial charge in [-0.25, -0.2) is 0 Å². The molecule has 1 atom stereocenters. The van der Waals surface area contributed by atoms with Crippen LogP contribution in [0.15, 0.2) is 0 Å². The highest BCUT2D eigenvalue weighted by Crippen LogP contribution is 2.42. The molecule has 100 valence electrons. The molecular weight excluding hydrogens is 212 g/mol. The Kier molecular flexibility index (Phi) is 4.45. The Morgan fingerprint density at radius 3 is 2.65 bits per heavy atom. The highest BCUT2D eigenvalue weighted by molar-refractivity contribution is 5.06. The molecule has 17 heavy (non-hydrogen) atoms. The van der Waals surface area contributed by atoms with Crippen molar-refractivity contribution < 1.29 is 4.74 Å². The van der Waals surface area contributed by atoms with Crippen molar-refractivity contribution in [1.29, 1.82) is 0 Å². The van der Waals surface area contributed by atoms with E-state index in [2.05, 4.69) is 11.8 Å². The second-order valence-electron chi connectivity index (χ2n) is 5.80. The fourth-order valence-electron chi connectivity index (χ4n) is 3.70. The molecule has 1 saturated carbocycles. The number of ether oxygens (including phenoxy) is 1. The molecule has 2 rings (SSSR count). The first-order valence-corrected chi connectivity index (χ1v) is 7.25. The molecule has 0 amide bonds. The predicted octanol–water partition coefficient (Wildman–Crippen LogP) is 2.15. The smallest absolute Gasteiger partial charge is 0.0607 e. The highest BCUT2D eigenvalue weighted by atomic mass is 16.5. The zero-order valence-corrected chi connectivity index (χ0v) is 11.5.